The van der Waals surface area contributed by atoms with Crippen LogP contribution < -0.4 is 0 Å². The second kappa shape index (κ2) is 63.6. The van der Waals surface area contributed by atoms with Crippen molar-refractivity contribution in [1.82, 2.24) is 0 Å². The fraction of sp³-hybridized carbons (Fsp3) is 0.700. The molecule has 0 aliphatic carbocycles. The van der Waals surface area contributed by atoms with Gasteiger partial charge < -0.3 is 14.2 Å². The molecule has 0 aromatic carbocycles. The first kappa shape index (κ1) is 72.1. The summed E-state index contributed by atoms with van der Waals surface area (Å²) >= 11 is 0. The van der Waals surface area contributed by atoms with Crippen LogP contribution in [0.4, 0.5) is 0 Å². The van der Waals surface area contributed by atoms with Crippen LogP contribution in [0.15, 0.2) is 109 Å². The van der Waals surface area contributed by atoms with Crippen molar-refractivity contribution >= 4 is 17.9 Å². The summed E-state index contributed by atoms with van der Waals surface area (Å²) < 4.78 is 16.8. The molecule has 1 atom stereocenters. The lowest BCUT2D eigenvalue weighted by atomic mass is 10.0. The number of allylic oxidation sites excluding steroid dienone is 18. The summed E-state index contributed by atoms with van der Waals surface area (Å²) in [4.78, 5) is 38.1. The number of hydrogen-bond acceptors (Lipinski definition) is 6. The molecule has 1 unspecified atom stereocenters. The fourth-order valence-electron chi connectivity index (χ4n) is 8.77. The molecule has 0 amide bonds. The molecule has 0 aliphatic heterocycles. The van der Waals surface area contributed by atoms with Gasteiger partial charge in [0.2, 0.25) is 0 Å². The van der Waals surface area contributed by atoms with Crippen molar-refractivity contribution in [3.8, 4) is 0 Å². The molecule has 0 spiro atoms. The Bertz CT molecular complexity index is 1540. The normalized spacial score (nSPS) is 12.8. The molecule has 0 aromatic heterocycles. The number of hydrogen-bond donors (Lipinski definition) is 0. The highest BCUT2D eigenvalue weighted by molar-refractivity contribution is 5.71. The standard InChI is InChI=1S/C70H118O6/c1-4-7-10-13-16-19-22-25-26-27-28-29-30-31-32-33-34-35-36-37-38-39-40-41-42-43-44-46-48-51-54-57-60-63-69(72)75-66-67(65-74-68(71)62-59-56-53-50-47-24-21-18-15-12-9-6-3)76-70(73)64-61-58-55-52-49-45-23-20-17-14-11-8-5-2/h7-8,10-11,16-21,25-26,28-29,31-32,45,49,67H,4-6,9,12-15,22-24,27,30,33-44,46-48,50-66H2,1-3H3/b10-7-,11-8-,19-16-,20-17-,21-18-,26-25-,29-28-,32-31-,49-45-. The third-order valence-electron chi connectivity index (χ3n) is 13.5. The van der Waals surface area contributed by atoms with Gasteiger partial charge in [-0.25, -0.2) is 0 Å². The molecule has 0 fully saturated rings. The van der Waals surface area contributed by atoms with Crippen LogP contribution in [0.5, 0.6) is 0 Å². The largest absolute Gasteiger partial charge is 0.462 e. The molecule has 0 rings (SSSR count). The Morgan fingerprint density at radius 1 is 0.276 bits per heavy atom. The van der Waals surface area contributed by atoms with Gasteiger partial charge in [0.25, 0.3) is 0 Å². The predicted molar refractivity (Wildman–Crippen MR) is 330 cm³/mol. The van der Waals surface area contributed by atoms with E-state index in [1.165, 1.54) is 135 Å². The fourth-order valence-corrected chi connectivity index (χ4v) is 8.77. The predicted octanol–water partition coefficient (Wildman–Crippen LogP) is 21.8. The minimum absolute atomic E-state index is 0.0908. The maximum absolute atomic E-state index is 12.8. The molecule has 0 N–H and O–H groups in total. The van der Waals surface area contributed by atoms with Crippen LogP contribution in [-0.4, -0.2) is 37.2 Å². The molecule has 6 nitrogen and oxygen atoms in total. The van der Waals surface area contributed by atoms with Gasteiger partial charge in [0.1, 0.15) is 13.2 Å². The Balaban J connectivity index is 4.13. The Morgan fingerprint density at radius 3 is 0.829 bits per heavy atom. The van der Waals surface area contributed by atoms with Crippen molar-refractivity contribution in [2.45, 2.75) is 303 Å². The minimum atomic E-state index is -0.796. The Labute approximate surface area is 470 Å². The molecule has 0 radical (unpaired) electrons. The summed E-state index contributed by atoms with van der Waals surface area (Å²) in [5.41, 5.74) is 0. The van der Waals surface area contributed by atoms with E-state index in [0.29, 0.717) is 19.3 Å². The molecule has 0 heterocycles. The van der Waals surface area contributed by atoms with E-state index in [0.717, 1.165) is 122 Å². The number of ether oxygens (including phenoxy) is 3. The van der Waals surface area contributed by atoms with E-state index in [1.54, 1.807) is 0 Å². The van der Waals surface area contributed by atoms with Gasteiger partial charge >= 0.3 is 17.9 Å². The number of carbonyl (C=O) groups excluding carboxylic acids is 3. The first-order valence-corrected chi connectivity index (χ1v) is 31.9. The van der Waals surface area contributed by atoms with Gasteiger partial charge in [-0.05, 0) is 122 Å². The Morgan fingerprint density at radius 2 is 0.513 bits per heavy atom. The highest BCUT2D eigenvalue weighted by atomic mass is 16.6. The molecule has 6 heteroatoms. The molecule has 0 saturated heterocycles. The first-order chi connectivity index (χ1) is 37.5. The van der Waals surface area contributed by atoms with Gasteiger partial charge in [0, 0.05) is 19.3 Å². The third-order valence-corrected chi connectivity index (χ3v) is 13.5. The van der Waals surface area contributed by atoms with E-state index < -0.39 is 6.10 Å². The number of esters is 3. The Hall–Kier alpha value is -3.93. The summed E-state index contributed by atoms with van der Waals surface area (Å²) in [6.07, 6.45) is 86.9. The topological polar surface area (TPSA) is 78.9 Å². The smallest absolute Gasteiger partial charge is 0.306 e. The van der Waals surface area contributed by atoms with Crippen LogP contribution in [0.25, 0.3) is 0 Å². The van der Waals surface area contributed by atoms with Crippen LogP contribution in [0.3, 0.4) is 0 Å². The van der Waals surface area contributed by atoms with Gasteiger partial charge in [0.05, 0.1) is 0 Å². The van der Waals surface area contributed by atoms with Crippen molar-refractivity contribution in [2.24, 2.45) is 0 Å². The lowest BCUT2D eigenvalue weighted by Crippen LogP contribution is -2.30. The number of unbranched alkanes of at least 4 members (excludes halogenated alkanes) is 28. The summed E-state index contributed by atoms with van der Waals surface area (Å²) in [7, 11) is 0. The van der Waals surface area contributed by atoms with Gasteiger partial charge in [-0.15, -0.1) is 0 Å². The van der Waals surface area contributed by atoms with E-state index in [2.05, 4.69) is 130 Å². The average molecular weight is 1060 g/mol. The van der Waals surface area contributed by atoms with Crippen LogP contribution in [0, 0.1) is 0 Å². The second-order valence-electron chi connectivity index (χ2n) is 20.9. The van der Waals surface area contributed by atoms with Gasteiger partial charge in [0.15, 0.2) is 6.10 Å². The zero-order valence-electron chi connectivity index (χ0n) is 49.7. The van der Waals surface area contributed by atoms with Gasteiger partial charge in [-0.1, -0.05) is 265 Å². The van der Waals surface area contributed by atoms with Crippen LogP contribution in [0.2, 0.25) is 0 Å². The van der Waals surface area contributed by atoms with Crippen LogP contribution in [0.1, 0.15) is 297 Å². The Kier molecular flexibility index (Phi) is 60.3. The molecule has 76 heavy (non-hydrogen) atoms. The first-order valence-electron chi connectivity index (χ1n) is 31.9. The van der Waals surface area contributed by atoms with Crippen molar-refractivity contribution in [3.63, 3.8) is 0 Å². The maximum atomic E-state index is 12.8. The molecular formula is C70H118O6. The number of rotatable bonds is 57. The zero-order valence-corrected chi connectivity index (χ0v) is 49.7. The van der Waals surface area contributed by atoms with Crippen molar-refractivity contribution in [3.05, 3.63) is 109 Å². The zero-order chi connectivity index (χ0) is 55.0. The van der Waals surface area contributed by atoms with E-state index in [9.17, 15) is 14.4 Å². The lowest BCUT2D eigenvalue weighted by Gasteiger charge is -2.18. The molecular weight excluding hydrogens is 937 g/mol. The van der Waals surface area contributed by atoms with E-state index in [1.807, 2.05) is 0 Å². The van der Waals surface area contributed by atoms with E-state index in [-0.39, 0.29) is 31.1 Å². The van der Waals surface area contributed by atoms with Crippen molar-refractivity contribution in [2.75, 3.05) is 13.2 Å². The summed E-state index contributed by atoms with van der Waals surface area (Å²) in [5.74, 6) is -0.924. The third kappa shape index (κ3) is 60.9. The molecule has 0 aliphatic rings. The van der Waals surface area contributed by atoms with Crippen LogP contribution in [-0.2, 0) is 28.6 Å². The monoisotopic (exact) mass is 1050 g/mol. The van der Waals surface area contributed by atoms with Gasteiger partial charge in [-0.2, -0.15) is 0 Å². The summed E-state index contributed by atoms with van der Waals surface area (Å²) in [6.45, 7) is 6.37. The SMILES string of the molecule is CC/C=C\C/C=C\C/C=C\C/C=C\C/C=C\CCCCCCCCCCCCCCCCCCCC(=O)OCC(COC(=O)CCCCCCC/C=C\CCCCC)OC(=O)CCCCC/C=C\C/C=C\C/C=C\CC. The van der Waals surface area contributed by atoms with E-state index >= 15 is 0 Å². The minimum Gasteiger partial charge on any atom is -0.462 e. The molecule has 0 saturated carbocycles. The summed E-state index contributed by atoms with van der Waals surface area (Å²) in [5, 5.41) is 0. The van der Waals surface area contributed by atoms with Crippen LogP contribution >= 0.6 is 0 Å². The summed E-state index contributed by atoms with van der Waals surface area (Å²) in [6, 6.07) is 0. The second-order valence-corrected chi connectivity index (χ2v) is 20.9. The van der Waals surface area contributed by atoms with E-state index in [4.69, 9.17) is 14.2 Å². The maximum Gasteiger partial charge on any atom is 0.306 e. The molecule has 0 bridgehead atoms. The van der Waals surface area contributed by atoms with Gasteiger partial charge in [-0.3, -0.25) is 14.4 Å². The lowest BCUT2D eigenvalue weighted by molar-refractivity contribution is -0.167. The van der Waals surface area contributed by atoms with Crippen molar-refractivity contribution in [1.29, 1.82) is 0 Å². The highest BCUT2D eigenvalue weighted by Crippen LogP contribution is 2.16. The average Bonchev–Trinajstić information content (AvgIpc) is 3.42. The van der Waals surface area contributed by atoms with Crippen molar-refractivity contribution < 1.29 is 28.6 Å². The highest BCUT2D eigenvalue weighted by Gasteiger charge is 2.19. The molecule has 434 valence electrons. The number of carbonyl (C=O) groups is 3. The molecule has 0 aromatic rings. The quantitative estimate of drug-likeness (QED) is 0.0261.